The largest absolute Gasteiger partial charge is 0.350 e. The molecule has 1 aliphatic heterocycles. The van der Waals surface area contributed by atoms with Crippen molar-refractivity contribution in [3.05, 3.63) is 53.5 Å². The fourth-order valence-corrected chi connectivity index (χ4v) is 3.36. The Morgan fingerprint density at radius 1 is 1.22 bits per heavy atom. The maximum Gasteiger partial charge on any atom is 0.224 e. The van der Waals surface area contributed by atoms with Gasteiger partial charge in [0.25, 0.3) is 0 Å². The first-order valence-electron chi connectivity index (χ1n) is 9.26. The van der Waals surface area contributed by atoms with Gasteiger partial charge in [0.05, 0.1) is 23.9 Å². The van der Waals surface area contributed by atoms with E-state index in [1.165, 1.54) is 29.5 Å². The maximum atomic E-state index is 4.55. The second-order valence-corrected chi connectivity index (χ2v) is 7.14. The van der Waals surface area contributed by atoms with Gasteiger partial charge in [0.1, 0.15) is 11.7 Å². The number of hydrogen-bond donors (Lipinski definition) is 3. The fourth-order valence-electron chi connectivity index (χ4n) is 3.36. The molecule has 2 aliphatic rings. The molecule has 1 fully saturated rings. The summed E-state index contributed by atoms with van der Waals surface area (Å²) in [5.74, 6) is 2.98. The topological polar surface area (TPSA) is 90.9 Å². The van der Waals surface area contributed by atoms with E-state index < -0.39 is 0 Å². The first-order valence-corrected chi connectivity index (χ1v) is 9.26. The Kier molecular flexibility index (Phi) is 3.85. The number of nitrogens with zero attached hydrogens (tertiary/aromatic N) is 4. The third-order valence-electron chi connectivity index (χ3n) is 5.08. The lowest BCUT2D eigenvalue weighted by atomic mass is 10.1. The number of hydrogen-bond acceptors (Lipinski definition) is 6. The van der Waals surface area contributed by atoms with E-state index in [0.717, 1.165) is 35.1 Å². The molecular formula is C20H21N7. The fraction of sp³-hybridized carbons (Fsp3) is 0.300. The molecule has 1 aliphatic carbocycles. The van der Waals surface area contributed by atoms with Crippen molar-refractivity contribution in [3.8, 4) is 0 Å². The summed E-state index contributed by atoms with van der Waals surface area (Å²) >= 11 is 0. The molecule has 0 radical (unpaired) electrons. The molecule has 7 heteroatoms. The highest BCUT2D eigenvalue weighted by molar-refractivity contribution is 6.05. The van der Waals surface area contributed by atoms with Gasteiger partial charge in [-0.2, -0.15) is 4.98 Å². The zero-order valence-electron chi connectivity index (χ0n) is 15.2. The van der Waals surface area contributed by atoms with Crippen LogP contribution in [0.15, 0.2) is 47.4 Å². The third-order valence-corrected chi connectivity index (χ3v) is 5.08. The van der Waals surface area contributed by atoms with Gasteiger partial charge in [-0.15, -0.1) is 0 Å². The number of rotatable bonds is 5. The van der Waals surface area contributed by atoms with Gasteiger partial charge in [-0.05, 0) is 66.7 Å². The van der Waals surface area contributed by atoms with Crippen LogP contribution in [0.4, 0.5) is 11.8 Å². The van der Waals surface area contributed by atoms with Gasteiger partial charge in [0.15, 0.2) is 0 Å². The van der Waals surface area contributed by atoms with Crippen LogP contribution < -0.4 is 10.6 Å². The average molecular weight is 359 g/mol. The number of amidine groups is 1. The van der Waals surface area contributed by atoms with E-state index in [-0.39, 0.29) is 0 Å². The predicted octanol–water partition coefficient (Wildman–Crippen LogP) is 3.43. The Labute approximate surface area is 157 Å². The molecule has 0 atom stereocenters. The van der Waals surface area contributed by atoms with Crippen LogP contribution in [-0.2, 0) is 6.54 Å². The summed E-state index contributed by atoms with van der Waals surface area (Å²) in [5, 5.41) is 6.60. The van der Waals surface area contributed by atoms with Gasteiger partial charge in [-0.1, -0.05) is 0 Å². The highest BCUT2D eigenvalue weighted by Crippen LogP contribution is 2.37. The standard InChI is InChI=1S/C20H21N7/c1-12-6-16-17(25-11-24-16)7-14(12)9-23-20-21-5-4-18(27-20)26-19-8-15(10-22-19)13-2-3-13/h4-8,11,13H,2-3,9-10H2,1H3,(H,24,25)(H2,21,22,23,26,27). The minimum Gasteiger partial charge on any atom is -0.350 e. The Hall–Kier alpha value is -3.22. The van der Waals surface area contributed by atoms with Crippen LogP contribution in [0.2, 0.25) is 0 Å². The Morgan fingerprint density at radius 2 is 2.15 bits per heavy atom. The zero-order valence-corrected chi connectivity index (χ0v) is 15.2. The van der Waals surface area contributed by atoms with Crippen LogP contribution >= 0.6 is 0 Å². The monoisotopic (exact) mass is 359 g/mol. The minimum atomic E-state index is 0.589. The molecule has 136 valence electrons. The number of nitrogens with one attached hydrogen (secondary N) is 3. The summed E-state index contributed by atoms with van der Waals surface area (Å²) in [5.41, 5.74) is 5.83. The molecule has 3 heterocycles. The van der Waals surface area contributed by atoms with E-state index in [2.05, 4.69) is 60.7 Å². The molecule has 27 heavy (non-hydrogen) atoms. The lowest BCUT2D eigenvalue weighted by molar-refractivity contribution is 0.959. The number of aromatic amines is 1. The van der Waals surface area contributed by atoms with Gasteiger partial charge in [0.2, 0.25) is 5.95 Å². The molecule has 0 amide bonds. The van der Waals surface area contributed by atoms with Crippen LogP contribution in [0.5, 0.6) is 0 Å². The molecule has 0 unspecified atom stereocenters. The second kappa shape index (κ2) is 6.50. The minimum absolute atomic E-state index is 0.589. The molecule has 3 aromatic rings. The molecule has 0 bridgehead atoms. The third kappa shape index (κ3) is 3.40. The number of benzene rings is 1. The van der Waals surface area contributed by atoms with Gasteiger partial charge < -0.3 is 15.6 Å². The van der Waals surface area contributed by atoms with E-state index >= 15 is 0 Å². The highest BCUT2D eigenvalue weighted by Gasteiger charge is 2.27. The van der Waals surface area contributed by atoms with Crippen molar-refractivity contribution < 1.29 is 0 Å². The zero-order chi connectivity index (χ0) is 18.2. The van der Waals surface area contributed by atoms with E-state index in [4.69, 9.17) is 0 Å². The molecule has 7 nitrogen and oxygen atoms in total. The molecule has 0 saturated heterocycles. The van der Waals surface area contributed by atoms with Crippen LogP contribution in [0, 0.1) is 12.8 Å². The van der Waals surface area contributed by atoms with E-state index in [1.807, 2.05) is 6.07 Å². The number of anilines is 2. The van der Waals surface area contributed by atoms with Crippen LogP contribution in [0.3, 0.4) is 0 Å². The maximum absolute atomic E-state index is 4.55. The summed E-state index contributed by atoms with van der Waals surface area (Å²) in [6, 6.07) is 6.06. The summed E-state index contributed by atoms with van der Waals surface area (Å²) in [7, 11) is 0. The summed E-state index contributed by atoms with van der Waals surface area (Å²) in [6.07, 6.45) is 8.24. The number of imidazole rings is 1. The van der Waals surface area contributed by atoms with Crippen molar-refractivity contribution in [1.82, 2.24) is 19.9 Å². The van der Waals surface area contributed by atoms with E-state index in [0.29, 0.717) is 12.5 Å². The second-order valence-electron chi connectivity index (χ2n) is 7.14. The summed E-state index contributed by atoms with van der Waals surface area (Å²) < 4.78 is 0. The lowest BCUT2D eigenvalue weighted by Crippen LogP contribution is -2.11. The quantitative estimate of drug-likeness (QED) is 0.649. The van der Waals surface area contributed by atoms with Crippen LogP contribution in [0.25, 0.3) is 11.0 Å². The number of aromatic nitrogens is 4. The molecule has 1 saturated carbocycles. The van der Waals surface area contributed by atoms with E-state index in [1.54, 1.807) is 12.5 Å². The number of fused-ring (bicyclic) bond motifs is 1. The van der Waals surface area contributed by atoms with Crippen molar-refractivity contribution in [1.29, 1.82) is 0 Å². The van der Waals surface area contributed by atoms with Crippen molar-refractivity contribution in [2.45, 2.75) is 26.3 Å². The smallest absolute Gasteiger partial charge is 0.224 e. The average Bonchev–Trinajstić information content (AvgIpc) is 3.25. The Bertz CT molecular complexity index is 1060. The lowest BCUT2D eigenvalue weighted by Gasteiger charge is -2.09. The Balaban J connectivity index is 1.27. The van der Waals surface area contributed by atoms with Gasteiger partial charge >= 0.3 is 0 Å². The number of H-pyrrole nitrogens is 1. The van der Waals surface area contributed by atoms with Crippen LogP contribution in [-0.4, -0.2) is 32.3 Å². The number of aliphatic imine (C=N–C) groups is 1. The first kappa shape index (κ1) is 16.0. The molecule has 3 N–H and O–H groups in total. The van der Waals surface area contributed by atoms with Gasteiger partial charge in [-0.3, -0.25) is 4.99 Å². The molecular weight excluding hydrogens is 338 g/mol. The first-order chi connectivity index (χ1) is 13.2. The predicted molar refractivity (Wildman–Crippen MR) is 107 cm³/mol. The molecule has 0 spiro atoms. The normalized spacial score (nSPS) is 16.3. The van der Waals surface area contributed by atoms with Crippen molar-refractivity contribution >= 4 is 28.6 Å². The molecule has 2 aromatic heterocycles. The molecule has 5 rings (SSSR count). The summed E-state index contributed by atoms with van der Waals surface area (Å²) in [4.78, 5) is 20.9. The van der Waals surface area contributed by atoms with Gasteiger partial charge in [-0.25, -0.2) is 9.97 Å². The van der Waals surface area contributed by atoms with Crippen molar-refractivity contribution in [2.75, 3.05) is 17.2 Å². The summed E-state index contributed by atoms with van der Waals surface area (Å²) in [6.45, 7) is 3.56. The highest BCUT2D eigenvalue weighted by atomic mass is 15.2. The van der Waals surface area contributed by atoms with Gasteiger partial charge in [0, 0.05) is 12.7 Å². The van der Waals surface area contributed by atoms with Crippen molar-refractivity contribution in [3.63, 3.8) is 0 Å². The van der Waals surface area contributed by atoms with E-state index in [9.17, 15) is 0 Å². The SMILES string of the molecule is Cc1cc2[nH]cnc2cc1CNc1nccc(NC2=NCC(C3CC3)=C2)n1. The van der Waals surface area contributed by atoms with Crippen LogP contribution in [0.1, 0.15) is 24.0 Å². The molecule has 1 aromatic carbocycles. The number of aryl methyl sites for hydroxylation is 1. The Morgan fingerprint density at radius 3 is 3.04 bits per heavy atom. The van der Waals surface area contributed by atoms with Crippen molar-refractivity contribution in [2.24, 2.45) is 10.9 Å².